The molecule has 0 saturated carbocycles. The van der Waals surface area contributed by atoms with Gasteiger partial charge in [0.1, 0.15) is 11.5 Å². The van der Waals surface area contributed by atoms with Crippen LogP contribution < -0.4 is 15.2 Å². The summed E-state index contributed by atoms with van der Waals surface area (Å²) >= 11 is 0. The highest BCUT2D eigenvalue weighted by molar-refractivity contribution is 5.90. The number of tetrazole rings is 1. The van der Waals surface area contributed by atoms with E-state index in [4.69, 9.17) is 19.7 Å². The number of aromatic nitrogens is 6. The predicted molar refractivity (Wildman–Crippen MR) is 131 cm³/mol. The summed E-state index contributed by atoms with van der Waals surface area (Å²) in [6, 6.07) is 8.68. The third-order valence-corrected chi connectivity index (χ3v) is 6.18. The molecule has 13 heteroatoms. The third kappa shape index (κ3) is 5.01. The number of H-pyrrole nitrogens is 1. The maximum atomic E-state index is 13.3. The van der Waals surface area contributed by atoms with Gasteiger partial charge in [-0.2, -0.15) is 18.4 Å². The minimum Gasteiger partial charge on any atom is -0.493 e. The van der Waals surface area contributed by atoms with Crippen LogP contribution in [0.15, 0.2) is 41.1 Å². The van der Waals surface area contributed by atoms with Crippen LogP contribution in [0.1, 0.15) is 42.4 Å². The molecule has 10 nitrogen and oxygen atoms in total. The van der Waals surface area contributed by atoms with Crippen molar-refractivity contribution in [1.29, 1.82) is 0 Å². The first-order valence-electron chi connectivity index (χ1n) is 12.2. The molecular formula is C25H26F3N7O3. The molecule has 0 fully saturated rings. The van der Waals surface area contributed by atoms with Gasteiger partial charge >= 0.3 is 6.18 Å². The Morgan fingerprint density at radius 1 is 1.13 bits per heavy atom. The van der Waals surface area contributed by atoms with Crippen LogP contribution in [0.2, 0.25) is 0 Å². The standard InChI is InChI=1S/C25H26F3N7O3/c1-2-5-16-19(9-8-17-23(16)38-32-24(17)25(26,27)28)36-11-4-10-35-13-15(12-29)22-18(35)6-3-7-20(22)37-14-21-30-33-34-31-21/h3,6-9,13H,2,4-5,10-12,14,29H2,1H3,(H,30,31,33,34). The van der Waals surface area contributed by atoms with E-state index in [-0.39, 0.29) is 17.6 Å². The monoisotopic (exact) mass is 529 g/mol. The number of ether oxygens (including phenoxy) is 2. The molecule has 3 aromatic heterocycles. The van der Waals surface area contributed by atoms with Gasteiger partial charge in [0, 0.05) is 30.2 Å². The Balaban J connectivity index is 1.30. The molecule has 0 aliphatic carbocycles. The highest BCUT2D eigenvalue weighted by atomic mass is 19.4. The predicted octanol–water partition coefficient (Wildman–Crippen LogP) is 4.77. The van der Waals surface area contributed by atoms with Gasteiger partial charge in [-0.15, -0.1) is 10.2 Å². The Bertz CT molecular complexity index is 1530. The second-order valence-electron chi connectivity index (χ2n) is 8.72. The normalized spacial score (nSPS) is 12.0. The number of nitrogens with two attached hydrogens (primary N) is 1. The average molecular weight is 530 g/mol. The topological polar surface area (TPSA) is 130 Å². The number of nitrogens with zero attached hydrogens (tertiary/aromatic N) is 5. The number of hydrogen-bond acceptors (Lipinski definition) is 8. The molecule has 3 heterocycles. The van der Waals surface area contributed by atoms with Crippen molar-refractivity contribution < 1.29 is 27.2 Å². The number of hydrogen-bond donors (Lipinski definition) is 2. The SMILES string of the molecule is CCCc1c(OCCCn2cc(CN)c3c(OCc4nn[nH]n4)cccc32)ccc2c(C(F)(F)F)noc12. The molecule has 5 aromatic rings. The van der Waals surface area contributed by atoms with Crippen molar-refractivity contribution in [1.82, 2.24) is 30.3 Å². The van der Waals surface area contributed by atoms with Crippen LogP contribution in [0, 0.1) is 0 Å². The highest BCUT2D eigenvalue weighted by Gasteiger charge is 2.37. The number of fused-ring (bicyclic) bond motifs is 2. The van der Waals surface area contributed by atoms with E-state index in [0.29, 0.717) is 61.8 Å². The molecular weight excluding hydrogens is 503 g/mol. The van der Waals surface area contributed by atoms with E-state index in [2.05, 4.69) is 30.3 Å². The number of aromatic amines is 1. The Hall–Kier alpha value is -4.13. The lowest BCUT2D eigenvalue weighted by Crippen LogP contribution is -2.07. The van der Waals surface area contributed by atoms with Crippen molar-refractivity contribution >= 4 is 21.9 Å². The van der Waals surface area contributed by atoms with Gasteiger partial charge < -0.3 is 24.3 Å². The van der Waals surface area contributed by atoms with Crippen molar-refractivity contribution in [2.75, 3.05) is 6.61 Å². The van der Waals surface area contributed by atoms with Crippen LogP contribution in [0.25, 0.3) is 21.9 Å². The lowest BCUT2D eigenvalue weighted by molar-refractivity contribution is -0.141. The summed E-state index contributed by atoms with van der Waals surface area (Å²) in [5.74, 6) is 1.61. The summed E-state index contributed by atoms with van der Waals surface area (Å²) in [6.45, 7) is 3.43. The second kappa shape index (κ2) is 10.7. The lowest BCUT2D eigenvalue weighted by Gasteiger charge is -2.12. The first kappa shape index (κ1) is 25.5. The van der Waals surface area contributed by atoms with Crippen LogP contribution in [0.4, 0.5) is 13.2 Å². The molecule has 2 aromatic carbocycles. The molecule has 0 atom stereocenters. The van der Waals surface area contributed by atoms with Crippen molar-refractivity contribution in [2.45, 2.75) is 52.1 Å². The van der Waals surface area contributed by atoms with Gasteiger partial charge in [0.15, 0.2) is 17.9 Å². The summed E-state index contributed by atoms with van der Waals surface area (Å²) in [5, 5.41) is 17.9. The molecule has 0 aliphatic rings. The van der Waals surface area contributed by atoms with E-state index in [1.165, 1.54) is 6.07 Å². The van der Waals surface area contributed by atoms with Crippen LogP contribution in [-0.2, 0) is 32.3 Å². The fraction of sp³-hybridized carbons (Fsp3) is 0.360. The van der Waals surface area contributed by atoms with E-state index in [9.17, 15) is 13.2 Å². The third-order valence-electron chi connectivity index (χ3n) is 6.18. The lowest BCUT2D eigenvalue weighted by atomic mass is 10.0. The molecule has 38 heavy (non-hydrogen) atoms. The van der Waals surface area contributed by atoms with Gasteiger partial charge in [-0.3, -0.25) is 0 Å². The van der Waals surface area contributed by atoms with Crippen molar-refractivity contribution in [2.24, 2.45) is 5.73 Å². The van der Waals surface area contributed by atoms with Crippen LogP contribution in [0.5, 0.6) is 11.5 Å². The zero-order valence-corrected chi connectivity index (χ0v) is 20.6. The number of halogens is 3. The van der Waals surface area contributed by atoms with Crippen LogP contribution in [-0.4, -0.2) is 37.0 Å². The van der Waals surface area contributed by atoms with Gasteiger partial charge in [0.2, 0.25) is 5.82 Å². The van der Waals surface area contributed by atoms with Crippen molar-refractivity contribution in [3.8, 4) is 11.5 Å². The van der Waals surface area contributed by atoms with E-state index < -0.39 is 11.9 Å². The summed E-state index contributed by atoms with van der Waals surface area (Å²) in [5.41, 5.74) is 7.61. The Labute approximate surface area is 214 Å². The number of alkyl halides is 3. The molecule has 0 unspecified atom stereocenters. The largest absolute Gasteiger partial charge is 0.493 e. The molecule has 200 valence electrons. The van der Waals surface area contributed by atoms with E-state index in [0.717, 1.165) is 16.5 Å². The summed E-state index contributed by atoms with van der Waals surface area (Å²) in [6.07, 6.45) is -0.722. The molecule has 0 amide bonds. The fourth-order valence-corrected chi connectivity index (χ4v) is 4.53. The van der Waals surface area contributed by atoms with Gasteiger partial charge in [-0.25, -0.2) is 0 Å². The van der Waals surface area contributed by atoms with E-state index >= 15 is 0 Å². The average Bonchev–Trinajstić information content (AvgIpc) is 3.65. The molecule has 3 N–H and O–H groups in total. The van der Waals surface area contributed by atoms with Crippen molar-refractivity contribution in [3.63, 3.8) is 0 Å². The fourth-order valence-electron chi connectivity index (χ4n) is 4.53. The minimum atomic E-state index is -4.59. The molecule has 0 radical (unpaired) electrons. The zero-order valence-electron chi connectivity index (χ0n) is 20.6. The summed E-state index contributed by atoms with van der Waals surface area (Å²) < 4.78 is 58.9. The summed E-state index contributed by atoms with van der Waals surface area (Å²) in [4.78, 5) is 0. The maximum Gasteiger partial charge on any atom is 0.437 e. The molecule has 0 bridgehead atoms. The highest BCUT2D eigenvalue weighted by Crippen LogP contribution is 2.38. The molecule has 5 rings (SSSR count). The van der Waals surface area contributed by atoms with E-state index in [1.807, 2.05) is 31.3 Å². The second-order valence-corrected chi connectivity index (χ2v) is 8.72. The molecule has 0 aliphatic heterocycles. The smallest absolute Gasteiger partial charge is 0.437 e. The zero-order chi connectivity index (χ0) is 26.7. The van der Waals surface area contributed by atoms with Gasteiger partial charge in [0.05, 0.1) is 17.5 Å². The number of rotatable bonds is 11. The van der Waals surface area contributed by atoms with Crippen LogP contribution in [0.3, 0.4) is 0 Å². The first-order valence-corrected chi connectivity index (χ1v) is 12.2. The number of nitrogens with one attached hydrogen (secondary N) is 1. The first-order chi connectivity index (χ1) is 18.4. The number of benzene rings is 2. The van der Waals surface area contributed by atoms with Crippen LogP contribution >= 0.6 is 0 Å². The summed E-state index contributed by atoms with van der Waals surface area (Å²) in [7, 11) is 0. The molecule has 0 spiro atoms. The Morgan fingerprint density at radius 3 is 2.74 bits per heavy atom. The maximum absolute atomic E-state index is 13.3. The van der Waals surface area contributed by atoms with Gasteiger partial charge in [-0.1, -0.05) is 29.8 Å². The Kier molecular flexibility index (Phi) is 7.18. The Morgan fingerprint density at radius 2 is 2.00 bits per heavy atom. The van der Waals surface area contributed by atoms with Gasteiger partial charge in [0.25, 0.3) is 0 Å². The molecule has 0 saturated heterocycles. The van der Waals surface area contributed by atoms with Crippen molar-refractivity contribution in [3.05, 3.63) is 59.2 Å². The van der Waals surface area contributed by atoms with E-state index in [1.54, 1.807) is 6.07 Å². The minimum absolute atomic E-state index is 0.0567. The number of aryl methyl sites for hydroxylation is 2. The van der Waals surface area contributed by atoms with Gasteiger partial charge in [-0.05, 0) is 42.7 Å². The quantitative estimate of drug-likeness (QED) is 0.234.